The highest BCUT2D eigenvalue weighted by molar-refractivity contribution is 5.85. The molecule has 17 heavy (non-hydrogen) atoms. The fraction of sp³-hybridized carbons (Fsp3) is 0.417. The molecule has 90 valence electrons. The summed E-state index contributed by atoms with van der Waals surface area (Å²) >= 11 is 0. The Morgan fingerprint density at radius 2 is 2.12 bits per heavy atom. The molecule has 0 saturated carbocycles. The summed E-state index contributed by atoms with van der Waals surface area (Å²) in [6.45, 7) is 0.972. The minimum Gasteiger partial charge on any atom is -0.634 e. The van der Waals surface area contributed by atoms with Crippen molar-refractivity contribution < 1.29 is 9.86 Å². The molecule has 2 fully saturated rings. The molecule has 0 radical (unpaired) electrons. The summed E-state index contributed by atoms with van der Waals surface area (Å²) in [5.41, 5.74) is 3.86. The Bertz CT molecular complexity index is 423. The zero-order chi connectivity index (χ0) is 11.8. The van der Waals surface area contributed by atoms with Crippen LogP contribution in [0.1, 0.15) is 6.42 Å². The average molecular weight is 233 g/mol. The molecule has 3 rings (SSSR count). The number of carbonyl (C=O) groups excluding carboxylic acids is 1. The van der Waals surface area contributed by atoms with Gasteiger partial charge < -0.3 is 10.3 Å². The topological polar surface area (TPSA) is 59.8 Å². The van der Waals surface area contributed by atoms with Crippen LogP contribution >= 0.6 is 0 Å². The smallest absolute Gasteiger partial charge is 0.249 e. The minimum absolute atomic E-state index is 0.0214. The van der Waals surface area contributed by atoms with Crippen molar-refractivity contribution in [2.24, 2.45) is 5.92 Å². The first kappa shape index (κ1) is 10.6. The summed E-state index contributed by atoms with van der Waals surface area (Å²) in [7, 11) is 0. The van der Waals surface area contributed by atoms with Crippen molar-refractivity contribution in [3.63, 3.8) is 0 Å². The Labute approximate surface area is 99.6 Å². The molecule has 2 aliphatic rings. The highest BCUT2D eigenvalue weighted by Crippen LogP contribution is 2.26. The van der Waals surface area contributed by atoms with E-state index < -0.39 is 0 Å². The lowest BCUT2D eigenvalue weighted by Crippen LogP contribution is -3.09. The van der Waals surface area contributed by atoms with Crippen LogP contribution < -0.4 is 15.5 Å². The van der Waals surface area contributed by atoms with Gasteiger partial charge in [-0.15, -0.1) is 0 Å². The molecule has 5 nitrogen and oxygen atoms in total. The number of piperidine rings is 1. The van der Waals surface area contributed by atoms with Gasteiger partial charge in [-0.1, -0.05) is 18.2 Å². The summed E-state index contributed by atoms with van der Waals surface area (Å²) in [4.78, 5) is 11.8. The van der Waals surface area contributed by atoms with Gasteiger partial charge in [-0.05, 0) is 12.1 Å². The van der Waals surface area contributed by atoms with E-state index in [4.69, 9.17) is 0 Å². The molecular weight excluding hydrogens is 218 g/mol. The quantitative estimate of drug-likeness (QED) is 0.631. The third kappa shape index (κ3) is 1.77. The highest BCUT2D eigenvalue weighted by Gasteiger charge is 2.45. The molecule has 1 aromatic carbocycles. The molecule has 1 amide bonds. The first-order valence-corrected chi connectivity index (χ1v) is 5.92. The number of fused-ring (bicyclic) bond motifs is 1. The van der Waals surface area contributed by atoms with E-state index in [0.717, 1.165) is 12.1 Å². The second kappa shape index (κ2) is 4.01. The van der Waals surface area contributed by atoms with Gasteiger partial charge in [-0.3, -0.25) is 15.2 Å². The molecule has 2 aliphatic heterocycles. The Kier molecular flexibility index (Phi) is 2.49. The molecule has 2 saturated heterocycles. The maximum Gasteiger partial charge on any atom is 0.249 e. The van der Waals surface area contributed by atoms with Gasteiger partial charge in [0.05, 0.1) is 24.8 Å². The van der Waals surface area contributed by atoms with Crippen LogP contribution in [0.2, 0.25) is 0 Å². The Hall–Kier alpha value is -1.59. The molecule has 3 unspecified atom stereocenters. The second-order valence-electron chi connectivity index (χ2n) is 4.64. The molecule has 3 atom stereocenters. The number of nitrogens with zero attached hydrogens (tertiary/aromatic N) is 1. The molecule has 0 aromatic heterocycles. The summed E-state index contributed by atoms with van der Waals surface area (Å²) in [6, 6.07) is 9.91. The lowest BCUT2D eigenvalue weighted by molar-refractivity contribution is -0.856. The maximum absolute atomic E-state index is 11.8. The third-order valence-corrected chi connectivity index (χ3v) is 3.56. The Balaban J connectivity index is 1.87. The standard InChI is InChI=1S/C12H15N3O2/c16-12-10-8-14(17)7-6-11(10)15(13-12)9-4-2-1-3-5-9/h1-5,10-11,14H,6-8H2,(H,13,16). The number of hydrazine groups is 1. The number of quaternary nitrogens is 1. The number of hydrogen-bond donors (Lipinski definition) is 2. The molecular formula is C12H15N3O2. The average Bonchev–Trinajstić information content (AvgIpc) is 2.68. The van der Waals surface area contributed by atoms with Crippen molar-refractivity contribution in [1.82, 2.24) is 5.43 Å². The van der Waals surface area contributed by atoms with Crippen molar-refractivity contribution in [2.45, 2.75) is 12.5 Å². The molecule has 5 heteroatoms. The molecule has 0 spiro atoms. The van der Waals surface area contributed by atoms with Crippen LogP contribution in [0, 0.1) is 11.1 Å². The van der Waals surface area contributed by atoms with Crippen LogP contribution in [0.5, 0.6) is 0 Å². The fourth-order valence-corrected chi connectivity index (χ4v) is 2.70. The van der Waals surface area contributed by atoms with Gasteiger partial charge in [-0.25, -0.2) is 0 Å². The van der Waals surface area contributed by atoms with Gasteiger partial charge in [0.1, 0.15) is 5.92 Å². The number of carbonyl (C=O) groups is 1. The van der Waals surface area contributed by atoms with E-state index in [1.807, 2.05) is 35.3 Å². The predicted molar refractivity (Wildman–Crippen MR) is 63.0 cm³/mol. The van der Waals surface area contributed by atoms with Gasteiger partial charge in [0, 0.05) is 6.42 Å². The van der Waals surface area contributed by atoms with Gasteiger partial charge in [0.15, 0.2) is 0 Å². The number of nitrogens with one attached hydrogen (secondary N) is 2. The van der Waals surface area contributed by atoms with Gasteiger partial charge >= 0.3 is 0 Å². The van der Waals surface area contributed by atoms with E-state index >= 15 is 0 Å². The van der Waals surface area contributed by atoms with Crippen molar-refractivity contribution in [3.8, 4) is 0 Å². The highest BCUT2D eigenvalue weighted by atomic mass is 16.5. The van der Waals surface area contributed by atoms with Crippen LogP contribution in [0.4, 0.5) is 5.69 Å². The maximum atomic E-state index is 11.8. The fourth-order valence-electron chi connectivity index (χ4n) is 2.70. The van der Waals surface area contributed by atoms with Crippen LogP contribution in [-0.2, 0) is 4.79 Å². The molecule has 2 N–H and O–H groups in total. The summed E-state index contributed by atoms with van der Waals surface area (Å²) in [5, 5.41) is 13.5. The monoisotopic (exact) mass is 233 g/mol. The van der Waals surface area contributed by atoms with E-state index in [1.54, 1.807) is 0 Å². The van der Waals surface area contributed by atoms with Crippen molar-refractivity contribution >= 4 is 11.6 Å². The SMILES string of the molecule is O=C1NN(c2ccccc2)C2CC[NH+]([O-])CC12. The molecule has 0 bridgehead atoms. The van der Waals surface area contributed by atoms with Gasteiger partial charge in [-0.2, -0.15) is 0 Å². The lowest BCUT2D eigenvalue weighted by atomic mass is 9.94. The van der Waals surface area contributed by atoms with Crippen molar-refractivity contribution in [3.05, 3.63) is 35.5 Å². The lowest BCUT2D eigenvalue weighted by Gasteiger charge is -2.35. The zero-order valence-electron chi connectivity index (χ0n) is 9.43. The second-order valence-corrected chi connectivity index (χ2v) is 4.64. The predicted octanol–water partition coefficient (Wildman–Crippen LogP) is -0.691. The van der Waals surface area contributed by atoms with Crippen LogP contribution in [0.25, 0.3) is 0 Å². The van der Waals surface area contributed by atoms with Crippen LogP contribution in [0.15, 0.2) is 30.3 Å². The Morgan fingerprint density at radius 1 is 1.35 bits per heavy atom. The molecule has 0 aliphatic carbocycles. The number of hydrogen-bond acceptors (Lipinski definition) is 3. The number of amides is 1. The first-order valence-electron chi connectivity index (χ1n) is 5.92. The van der Waals surface area contributed by atoms with Crippen LogP contribution in [-0.4, -0.2) is 25.0 Å². The number of benzene rings is 1. The minimum atomic E-state index is -0.170. The van der Waals surface area contributed by atoms with Crippen molar-refractivity contribution in [1.29, 1.82) is 0 Å². The largest absolute Gasteiger partial charge is 0.634 e. The normalized spacial score (nSPS) is 32.2. The van der Waals surface area contributed by atoms with E-state index in [9.17, 15) is 10.0 Å². The van der Waals surface area contributed by atoms with Crippen LogP contribution in [0.3, 0.4) is 0 Å². The van der Waals surface area contributed by atoms with Crippen molar-refractivity contribution in [2.75, 3.05) is 18.1 Å². The Morgan fingerprint density at radius 3 is 2.88 bits per heavy atom. The number of para-hydroxylation sites is 1. The first-order chi connectivity index (χ1) is 8.25. The summed E-state index contributed by atoms with van der Waals surface area (Å²) in [6.07, 6.45) is 0.761. The number of hydroxylamine groups is 2. The van der Waals surface area contributed by atoms with Gasteiger partial charge in [0.25, 0.3) is 0 Å². The summed E-state index contributed by atoms with van der Waals surface area (Å²) in [5.74, 6) is -0.191. The number of rotatable bonds is 1. The van der Waals surface area contributed by atoms with E-state index in [-0.39, 0.29) is 22.9 Å². The molecule has 1 aromatic rings. The van der Waals surface area contributed by atoms with E-state index in [2.05, 4.69) is 5.43 Å². The third-order valence-electron chi connectivity index (χ3n) is 3.56. The van der Waals surface area contributed by atoms with Gasteiger partial charge in [0.2, 0.25) is 5.91 Å². The van der Waals surface area contributed by atoms with E-state index in [0.29, 0.717) is 13.1 Å². The summed E-state index contributed by atoms with van der Waals surface area (Å²) < 4.78 is 0. The number of anilines is 1. The zero-order valence-corrected chi connectivity index (χ0v) is 9.43. The van der Waals surface area contributed by atoms with E-state index in [1.165, 1.54) is 0 Å². The molecule has 2 heterocycles.